The number of methoxy groups -OCH3 is 1. The number of anilines is 3. The average Bonchev–Trinajstić information content (AvgIpc) is 2.70. The Balaban J connectivity index is 2.09. The number of benzene rings is 1. The van der Waals surface area contributed by atoms with E-state index < -0.39 is 0 Å². The van der Waals surface area contributed by atoms with Gasteiger partial charge in [-0.25, -0.2) is 0 Å². The second-order valence-electron chi connectivity index (χ2n) is 4.59. The van der Waals surface area contributed by atoms with Crippen LogP contribution in [-0.4, -0.2) is 25.2 Å². The molecule has 5 nitrogen and oxygen atoms in total. The fraction of sp³-hybridized carbons (Fsp3) is 0.267. The van der Waals surface area contributed by atoms with Gasteiger partial charge in [0, 0.05) is 12.6 Å². The van der Waals surface area contributed by atoms with Crippen LogP contribution in [0.15, 0.2) is 36.4 Å². The van der Waals surface area contributed by atoms with Gasteiger partial charge in [-0.05, 0) is 24.6 Å². The molecule has 0 fully saturated rings. The maximum Gasteiger partial charge on any atom is 0.215 e. The van der Waals surface area contributed by atoms with Crippen LogP contribution in [-0.2, 0) is 0 Å². The Morgan fingerprint density at radius 1 is 1.25 bits per heavy atom. The molecular weight excluding hydrogens is 254 g/mol. The third kappa shape index (κ3) is 2.22. The van der Waals surface area contributed by atoms with E-state index in [4.69, 9.17) is 15.2 Å². The topological polar surface area (TPSA) is 60.6 Å². The van der Waals surface area contributed by atoms with E-state index in [-0.39, 0.29) is 0 Å². The summed E-state index contributed by atoms with van der Waals surface area (Å²) in [5.41, 5.74) is 7.69. The number of nitrogens with zero attached hydrogens (tertiary/aromatic N) is 2. The molecule has 0 saturated heterocycles. The number of hydrogen-bond acceptors (Lipinski definition) is 5. The number of rotatable bonds is 2. The Labute approximate surface area is 117 Å². The van der Waals surface area contributed by atoms with Crippen LogP contribution < -0.4 is 20.1 Å². The first-order chi connectivity index (χ1) is 9.79. The number of hydrogen-bond donors (Lipinski definition) is 1. The van der Waals surface area contributed by atoms with Gasteiger partial charge in [-0.2, -0.15) is 4.98 Å². The van der Waals surface area contributed by atoms with Crippen LogP contribution >= 0.6 is 0 Å². The molecule has 2 heterocycles. The molecule has 1 aromatic heterocycles. The monoisotopic (exact) mass is 271 g/mol. The molecule has 0 saturated carbocycles. The summed E-state index contributed by atoms with van der Waals surface area (Å²) >= 11 is 0. The lowest BCUT2D eigenvalue weighted by molar-refractivity contribution is 0.322. The van der Waals surface area contributed by atoms with Gasteiger partial charge in [0.2, 0.25) is 5.88 Å². The van der Waals surface area contributed by atoms with E-state index in [1.165, 1.54) is 0 Å². The Kier molecular flexibility index (Phi) is 3.33. The molecule has 0 unspecified atom stereocenters. The molecular formula is C15H17N3O2. The number of nitrogen functional groups attached to an aromatic ring is 1. The lowest BCUT2D eigenvalue weighted by atomic mass is 10.2. The molecule has 2 N–H and O–H groups in total. The van der Waals surface area contributed by atoms with Gasteiger partial charge in [0.05, 0.1) is 25.1 Å². The Hall–Kier alpha value is -2.43. The minimum Gasteiger partial charge on any atom is -0.491 e. The van der Waals surface area contributed by atoms with E-state index in [2.05, 4.69) is 9.88 Å². The van der Waals surface area contributed by atoms with Gasteiger partial charge in [0.25, 0.3) is 0 Å². The van der Waals surface area contributed by atoms with Gasteiger partial charge in [-0.1, -0.05) is 12.1 Å². The predicted molar refractivity (Wildman–Crippen MR) is 78.8 cm³/mol. The van der Waals surface area contributed by atoms with E-state index in [9.17, 15) is 0 Å². The summed E-state index contributed by atoms with van der Waals surface area (Å²) in [5.74, 6) is 2.12. The van der Waals surface area contributed by atoms with Crippen LogP contribution in [0.4, 0.5) is 17.2 Å². The van der Waals surface area contributed by atoms with E-state index in [0.29, 0.717) is 24.0 Å². The molecule has 1 aliphatic heterocycles. The van der Waals surface area contributed by atoms with Crippen molar-refractivity contribution in [2.24, 2.45) is 0 Å². The third-order valence-electron chi connectivity index (χ3n) is 3.28. The van der Waals surface area contributed by atoms with Crippen molar-refractivity contribution in [3.05, 3.63) is 36.4 Å². The molecule has 0 aliphatic carbocycles. The highest BCUT2D eigenvalue weighted by Crippen LogP contribution is 2.37. The normalized spacial score (nSPS) is 14.2. The predicted octanol–water partition coefficient (Wildman–Crippen LogP) is 2.59. The second-order valence-corrected chi connectivity index (χ2v) is 4.59. The second kappa shape index (κ2) is 5.28. The van der Waals surface area contributed by atoms with Crippen LogP contribution in [0.3, 0.4) is 0 Å². The molecule has 2 aromatic rings. The number of para-hydroxylation sites is 2. The first-order valence-electron chi connectivity index (χ1n) is 6.59. The van der Waals surface area contributed by atoms with E-state index >= 15 is 0 Å². The molecule has 5 heteroatoms. The van der Waals surface area contributed by atoms with Crippen molar-refractivity contribution in [2.75, 3.05) is 30.9 Å². The van der Waals surface area contributed by atoms with Crippen molar-refractivity contribution < 1.29 is 9.47 Å². The van der Waals surface area contributed by atoms with Crippen LogP contribution in [0.5, 0.6) is 11.6 Å². The lowest BCUT2D eigenvalue weighted by Gasteiger charge is -2.24. The molecule has 0 radical (unpaired) electrons. The summed E-state index contributed by atoms with van der Waals surface area (Å²) in [6, 6.07) is 11.5. The number of fused-ring (bicyclic) bond motifs is 1. The summed E-state index contributed by atoms with van der Waals surface area (Å²) in [6.07, 6.45) is 0.910. The largest absolute Gasteiger partial charge is 0.491 e. The Morgan fingerprint density at radius 3 is 2.95 bits per heavy atom. The zero-order valence-corrected chi connectivity index (χ0v) is 11.4. The highest BCUT2D eigenvalue weighted by Gasteiger charge is 2.20. The zero-order chi connectivity index (χ0) is 13.9. The lowest BCUT2D eigenvalue weighted by Crippen LogP contribution is -2.20. The van der Waals surface area contributed by atoms with Crippen molar-refractivity contribution in [3.8, 4) is 11.6 Å². The first kappa shape index (κ1) is 12.6. The standard InChI is InChI=1S/C15H17N3O2/c1-19-14-8-7-11(16)15(17-14)18-9-4-10-20-13-6-3-2-5-12(13)18/h2-3,5-8H,4,9-10,16H2,1H3. The summed E-state index contributed by atoms with van der Waals surface area (Å²) in [7, 11) is 1.60. The number of ether oxygens (including phenoxy) is 2. The number of nitrogens with two attached hydrogens (primary N) is 1. The molecule has 0 bridgehead atoms. The van der Waals surface area contributed by atoms with Gasteiger partial charge in [0.1, 0.15) is 5.75 Å². The van der Waals surface area contributed by atoms with Gasteiger partial charge in [0.15, 0.2) is 5.82 Å². The van der Waals surface area contributed by atoms with Gasteiger partial charge in [-0.15, -0.1) is 0 Å². The van der Waals surface area contributed by atoms with E-state index in [1.807, 2.05) is 30.3 Å². The van der Waals surface area contributed by atoms with Crippen LogP contribution in [0.2, 0.25) is 0 Å². The average molecular weight is 271 g/mol. The fourth-order valence-electron chi connectivity index (χ4n) is 2.32. The Bertz CT molecular complexity index is 616. The highest BCUT2D eigenvalue weighted by atomic mass is 16.5. The first-order valence-corrected chi connectivity index (χ1v) is 6.59. The molecule has 0 amide bonds. The van der Waals surface area contributed by atoms with Crippen LogP contribution in [0.1, 0.15) is 6.42 Å². The smallest absolute Gasteiger partial charge is 0.215 e. The number of aromatic nitrogens is 1. The van der Waals surface area contributed by atoms with Crippen LogP contribution in [0, 0.1) is 0 Å². The molecule has 3 rings (SSSR count). The summed E-state index contributed by atoms with van der Waals surface area (Å²) in [4.78, 5) is 6.56. The quantitative estimate of drug-likeness (QED) is 0.909. The van der Waals surface area contributed by atoms with Gasteiger partial charge < -0.3 is 20.1 Å². The molecule has 1 aromatic carbocycles. The summed E-state index contributed by atoms with van der Waals surface area (Å²) < 4.78 is 11.0. The summed E-state index contributed by atoms with van der Waals surface area (Å²) in [6.45, 7) is 1.50. The molecule has 104 valence electrons. The minimum atomic E-state index is 0.553. The molecule has 0 spiro atoms. The van der Waals surface area contributed by atoms with Crippen molar-refractivity contribution >= 4 is 17.2 Å². The minimum absolute atomic E-state index is 0.553. The van der Waals surface area contributed by atoms with Crippen molar-refractivity contribution in [1.82, 2.24) is 4.98 Å². The summed E-state index contributed by atoms with van der Waals surface area (Å²) in [5, 5.41) is 0. The van der Waals surface area contributed by atoms with Gasteiger partial charge >= 0.3 is 0 Å². The van der Waals surface area contributed by atoms with Crippen molar-refractivity contribution in [3.63, 3.8) is 0 Å². The Morgan fingerprint density at radius 2 is 2.10 bits per heavy atom. The van der Waals surface area contributed by atoms with E-state index in [1.54, 1.807) is 13.2 Å². The fourth-order valence-corrected chi connectivity index (χ4v) is 2.32. The maximum absolute atomic E-state index is 6.08. The van der Waals surface area contributed by atoms with Crippen LogP contribution in [0.25, 0.3) is 0 Å². The number of pyridine rings is 1. The van der Waals surface area contributed by atoms with Gasteiger partial charge in [-0.3, -0.25) is 0 Å². The van der Waals surface area contributed by atoms with Crippen molar-refractivity contribution in [1.29, 1.82) is 0 Å². The third-order valence-corrected chi connectivity index (χ3v) is 3.28. The highest BCUT2D eigenvalue weighted by molar-refractivity contribution is 5.75. The zero-order valence-electron chi connectivity index (χ0n) is 11.4. The molecule has 20 heavy (non-hydrogen) atoms. The van der Waals surface area contributed by atoms with E-state index in [0.717, 1.165) is 24.4 Å². The van der Waals surface area contributed by atoms with Crippen molar-refractivity contribution in [2.45, 2.75) is 6.42 Å². The SMILES string of the molecule is COc1ccc(N)c(N2CCCOc3ccccc32)n1. The molecule has 0 atom stereocenters. The maximum atomic E-state index is 6.08. The molecule has 1 aliphatic rings.